The highest BCUT2D eigenvalue weighted by Crippen LogP contribution is 2.32. The number of fused-ring (bicyclic) bond motifs is 1. The first-order valence-corrected chi connectivity index (χ1v) is 6.54. The third kappa shape index (κ3) is 2.65. The maximum Gasteiger partial charge on any atom is 0.416 e. The number of carbonyl (C=O) groups is 1. The van der Waals surface area contributed by atoms with E-state index in [-0.39, 0.29) is 11.5 Å². The van der Waals surface area contributed by atoms with Crippen LogP contribution in [0.5, 0.6) is 0 Å². The van der Waals surface area contributed by atoms with Crippen molar-refractivity contribution < 1.29 is 22.6 Å². The lowest BCUT2D eigenvalue weighted by Gasteiger charge is -2.07. The highest BCUT2D eigenvalue weighted by Gasteiger charge is 2.31. The van der Waals surface area contributed by atoms with E-state index < -0.39 is 17.6 Å². The zero-order chi connectivity index (χ0) is 16.8. The number of nitrogens with one attached hydrogen (secondary N) is 1. The van der Waals surface area contributed by atoms with E-state index in [2.05, 4.69) is 20.3 Å². The minimum absolute atomic E-state index is 0.163. The molecule has 0 radical (unpaired) electrons. The van der Waals surface area contributed by atoms with E-state index in [1.54, 1.807) is 14.0 Å². The highest BCUT2D eigenvalue weighted by atomic mass is 19.4. The summed E-state index contributed by atoms with van der Waals surface area (Å²) in [6.07, 6.45) is -4.43. The Morgan fingerprint density at radius 3 is 2.61 bits per heavy atom. The van der Waals surface area contributed by atoms with E-state index in [0.717, 1.165) is 12.1 Å². The van der Waals surface area contributed by atoms with Crippen LogP contribution in [0.15, 0.2) is 28.9 Å². The van der Waals surface area contributed by atoms with Gasteiger partial charge in [-0.1, -0.05) is 5.16 Å². The molecule has 23 heavy (non-hydrogen) atoms. The van der Waals surface area contributed by atoms with Gasteiger partial charge in [0.15, 0.2) is 0 Å². The molecule has 1 aromatic carbocycles. The van der Waals surface area contributed by atoms with E-state index in [9.17, 15) is 18.0 Å². The minimum Gasteiger partial charge on any atom is -0.340 e. The monoisotopic (exact) mass is 324 g/mol. The van der Waals surface area contributed by atoms with Crippen molar-refractivity contribution >= 4 is 22.6 Å². The quantitative estimate of drug-likeness (QED) is 0.786. The maximum atomic E-state index is 12.8. The number of nitrogens with zero attached hydrogens (tertiary/aromatic N) is 3. The second kappa shape index (κ2) is 5.11. The molecule has 0 unspecified atom stereocenters. The fraction of sp³-hybridized carbons (Fsp3) is 0.214. The molecule has 0 fully saturated rings. The van der Waals surface area contributed by atoms with Gasteiger partial charge in [0, 0.05) is 18.0 Å². The number of halogens is 3. The standard InChI is InChI=1S/C14H11F3N4O2/c1-7-12(20-23-19-7)18-13(22)11-6-8-5-9(14(15,16)17)3-4-10(8)21(11)2/h3-6H,1-2H3,(H,18,20,22). The molecule has 0 saturated heterocycles. The first-order chi connectivity index (χ1) is 10.8. The Labute approximate surface area is 127 Å². The van der Waals surface area contributed by atoms with Gasteiger partial charge in [-0.25, -0.2) is 4.63 Å². The van der Waals surface area contributed by atoms with E-state index >= 15 is 0 Å². The summed E-state index contributed by atoms with van der Waals surface area (Å²) in [5, 5.41) is 9.90. The summed E-state index contributed by atoms with van der Waals surface area (Å²) in [5.74, 6) is -0.354. The second-order valence-corrected chi connectivity index (χ2v) is 5.01. The van der Waals surface area contributed by atoms with Gasteiger partial charge in [0.05, 0.1) is 5.56 Å². The molecule has 0 aliphatic heterocycles. The van der Waals surface area contributed by atoms with Crippen molar-refractivity contribution in [2.45, 2.75) is 13.1 Å². The van der Waals surface area contributed by atoms with Crippen LogP contribution in [0.1, 0.15) is 21.7 Å². The van der Waals surface area contributed by atoms with E-state index in [1.807, 2.05) is 0 Å². The van der Waals surface area contributed by atoms with Crippen LogP contribution in [-0.4, -0.2) is 20.8 Å². The molecule has 9 heteroatoms. The molecule has 0 aliphatic carbocycles. The fourth-order valence-electron chi connectivity index (χ4n) is 2.26. The smallest absolute Gasteiger partial charge is 0.340 e. The van der Waals surface area contributed by atoms with Crippen LogP contribution in [0.25, 0.3) is 10.9 Å². The molecular formula is C14H11F3N4O2. The number of aryl methyl sites for hydroxylation is 2. The van der Waals surface area contributed by atoms with Crippen molar-refractivity contribution in [3.63, 3.8) is 0 Å². The molecule has 2 aromatic heterocycles. The average molecular weight is 324 g/mol. The third-order valence-corrected chi connectivity index (χ3v) is 3.49. The number of rotatable bonds is 2. The Hall–Kier alpha value is -2.84. The second-order valence-electron chi connectivity index (χ2n) is 5.01. The lowest BCUT2D eigenvalue weighted by atomic mass is 10.1. The third-order valence-electron chi connectivity index (χ3n) is 3.49. The van der Waals surface area contributed by atoms with Crippen LogP contribution < -0.4 is 5.32 Å². The van der Waals surface area contributed by atoms with Crippen LogP contribution in [0, 0.1) is 6.92 Å². The predicted molar refractivity (Wildman–Crippen MR) is 74.9 cm³/mol. The van der Waals surface area contributed by atoms with Crippen molar-refractivity contribution in [1.82, 2.24) is 14.9 Å². The Balaban J connectivity index is 2.00. The number of hydrogen-bond donors (Lipinski definition) is 1. The van der Waals surface area contributed by atoms with Crippen LogP contribution in [-0.2, 0) is 13.2 Å². The molecule has 2 heterocycles. The number of anilines is 1. The van der Waals surface area contributed by atoms with Gasteiger partial charge in [-0.15, -0.1) is 0 Å². The van der Waals surface area contributed by atoms with Gasteiger partial charge in [0.2, 0.25) is 5.82 Å². The summed E-state index contributed by atoms with van der Waals surface area (Å²) < 4.78 is 44.3. The summed E-state index contributed by atoms with van der Waals surface area (Å²) in [6, 6.07) is 4.71. The van der Waals surface area contributed by atoms with Crippen molar-refractivity contribution in [3.05, 3.63) is 41.2 Å². The van der Waals surface area contributed by atoms with Gasteiger partial charge in [0.1, 0.15) is 11.4 Å². The lowest BCUT2D eigenvalue weighted by Crippen LogP contribution is -2.16. The molecule has 0 atom stereocenters. The van der Waals surface area contributed by atoms with Gasteiger partial charge in [-0.2, -0.15) is 13.2 Å². The summed E-state index contributed by atoms with van der Waals surface area (Å²) >= 11 is 0. The lowest BCUT2D eigenvalue weighted by molar-refractivity contribution is -0.137. The Morgan fingerprint density at radius 1 is 1.26 bits per heavy atom. The maximum absolute atomic E-state index is 12.8. The molecule has 0 spiro atoms. The van der Waals surface area contributed by atoms with Crippen molar-refractivity contribution in [2.75, 3.05) is 5.32 Å². The van der Waals surface area contributed by atoms with Gasteiger partial charge in [-0.3, -0.25) is 4.79 Å². The molecule has 3 aromatic rings. The Morgan fingerprint density at radius 2 is 2.00 bits per heavy atom. The Kier molecular flexibility index (Phi) is 3.35. The van der Waals surface area contributed by atoms with Crippen LogP contribution >= 0.6 is 0 Å². The summed E-state index contributed by atoms with van der Waals surface area (Å²) in [6.45, 7) is 1.60. The molecule has 120 valence electrons. The molecule has 1 amide bonds. The zero-order valence-corrected chi connectivity index (χ0v) is 12.1. The van der Waals surface area contributed by atoms with Gasteiger partial charge < -0.3 is 9.88 Å². The largest absolute Gasteiger partial charge is 0.416 e. The molecule has 1 N–H and O–H groups in total. The topological polar surface area (TPSA) is 73.0 Å². The summed E-state index contributed by atoms with van der Waals surface area (Å²) in [5.41, 5.74) is 0.343. The van der Waals surface area contributed by atoms with Gasteiger partial charge in [0.25, 0.3) is 5.91 Å². The van der Waals surface area contributed by atoms with E-state index in [0.29, 0.717) is 16.6 Å². The van der Waals surface area contributed by atoms with Crippen LogP contribution in [0.3, 0.4) is 0 Å². The average Bonchev–Trinajstić information content (AvgIpc) is 3.02. The number of alkyl halides is 3. The van der Waals surface area contributed by atoms with Crippen molar-refractivity contribution in [3.8, 4) is 0 Å². The SMILES string of the molecule is Cc1nonc1NC(=O)c1cc2cc(C(F)(F)F)ccc2n1C. The molecule has 0 bridgehead atoms. The molecule has 0 saturated carbocycles. The zero-order valence-electron chi connectivity index (χ0n) is 12.1. The first kappa shape index (κ1) is 15.1. The fourth-order valence-corrected chi connectivity index (χ4v) is 2.26. The van der Waals surface area contributed by atoms with E-state index in [1.165, 1.54) is 16.7 Å². The number of carbonyl (C=O) groups excluding carboxylic acids is 1. The van der Waals surface area contributed by atoms with E-state index in [4.69, 9.17) is 0 Å². The number of amides is 1. The molecule has 6 nitrogen and oxygen atoms in total. The van der Waals surface area contributed by atoms with Gasteiger partial charge in [-0.05, 0) is 36.3 Å². The molecule has 3 rings (SSSR count). The first-order valence-electron chi connectivity index (χ1n) is 6.54. The molecule has 0 aliphatic rings. The normalized spacial score (nSPS) is 11.9. The highest BCUT2D eigenvalue weighted by molar-refractivity contribution is 6.06. The predicted octanol–water partition coefficient (Wildman–Crippen LogP) is 3.14. The van der Waals surface area contributed by atoms with Crippen LogP contribution in [0.4, 0.5) is 19.0 Å². The number of hydrogen-bond acceptors (Lipinski definition) is 4. The molecular weight excluding hydrogens is 313 g/mol. The van der Waals surface area contributed by atoms with Crippen LogP contribution in [0.2, 0.25) is 0 Å². The number of benzene rings is 1. The minimum atomic E-state index is -4.43. The van der Waals surface area contributed by atoms with Crippen molar-refractivity contribution in [2.24, 2.45) is 7.05 Å². The van der Waals surface area contributed by atoms with Gasteiger partial charge >= 0.3 is 6.18 Å². The summed E-state index contributed by atoms with van der Waals surface area (Å²) in [7, 11) is 1.60. The number of aromatic nitrogens is 3. The summed E-state index contributed by atoms with van der Waals surface area (Å²) in [4.78, 5) is 12.3. The van der Waals surface area contributed by atoms with Crippen molar-refractivity contribution in [1.29, 1.82) is 0 Å². The Bertz CT molecular complexity index is 895.